The van der Waals surface area contributed by atoms with Crippen molar-refractivity contribution in [1.82, 2.24) is 0 Å². The minimum atomic E-state index is 0.00704. The molecule has 0 heterocycles. The van der Waals surface area contributed by atoms with Crippen molar-refractivity contribution in [3.63, 3.8) is 0 Å². The van der Waals surface area contributed by atoms with Crippen LogP contribution in [-0.4, -0.2) is 12.6 Å². The minimum Gasteiger partial charge on any atom is -0.465 e. The van der Waals surface area contributed by atoms with Crippen molar-refractivity contribution in [1.29, 1.82) is 0 Å². The Kier molecular flexibility index (Phi) is 13.3. The maximum Gasteiger partial charge on any atom is 0.305 e. The summed E-state index contributed by atoms with van der Waals surface area (Å²) in [6, 6.07) is 0. The van der Waals surface area contributed by atoms with Gasteiger partial charge in [0.05, 0.1) is 6.61 Å². The lowest BCUT2D eigenvalue weighted by Gasteiger charge is -2.19. The van der Waals surface area contributed by atoms with Gasteiger partial charge in [-0.05, 0) is 57.3 Å². The summed E-state index contributed by atoms with van der Waals surface area (Å²) < 4.78 is 5.50. The lowest BCUT2D eigenvalue weighted by Crippen LogP contribution is -2.19. The number of rotatable bonds is 17. The number of carbonyl (C=O) groups excluding carboxylic acids is 1. The van der Waals surface area contributed by atoms with E-state index in [1.54, 1.807) is 0 Å². The van der Waals surface area contributed by atoms with Crippen LogP contribution in [0.3, 0.4) is 0 Å². The largest absolute Gasteiger partial charge is 0.465 e. The molecule has 2 nitrogen and oxygen atoms in total. The van der Waals surface area contributed by atoms with Crippen LogP contribution in [0.25, 0.3) is 0 Å². The number of hydrogen-bond donors (Lipinski definition) is 0. The molecule has 1 fully saturated rings. The monoisotopic (exact) mass is 376 g/mol. The summed E-state index contributed by atoms with van der Waals surface area (Å²) in [6.45, 7) is 7.37. The number of ether oxygens (including phenoxy) is 1. The fourth-order valence-corrected chi connectivity index (χ4v) is 3.43. The van der Waals surface area contributed by atoms with Gasteiger partial charge in [0.1, 0.15) is 0 Å². The Morgan fingerprint density at radius 1 is 0.889 bits per heavy atom. The molecule has 0 amide bonds. The van der Waals surface area contributed by atoms with E-state index >= 15 is 0 Å². The van der Waals surface area contributed by atoms with E-state index in [1.165, 1.54) is 64.2 Å². The molecule has 0 atom stereocenters. The molecule has 0 aromatic carbocycles. The lowest BCUT2D eigenvalue weighted by molar-refractivity contribution is -0.146. The van der Waals surface area contributed by atoms with E-state index in [0.717, 1.165) is 19.3 Å². The highest BCUT2D eigenvalue weighted by atomic mass is 16.5. The average molecular weight is 377 g/mol. The molecule has 156 valence electrons. The molecule has 0 unspecified atom stereocenters. The Balaban J connectivity index is 1.84. The zero-order valence-electron chi connectivity index (χ0n) is 18.3. The number of allylic oxidation sites excluding steroid dienone is 4. The molecule has 0 bridgehead atoms. The van der Waals surface area contributed by atoms with Gasteiger partial charge in [0, 0.05) is 11.8 Å². The summed E-state index contributed by atoms with van der Waals surface area (Å²) in [6.07, 6.45) is 25.6. The maximum atomic E-state index is 11.8. The van der Waals surface area contributed by atoms with Gasteiger partial charge in [-0.25, -0.2) is 0 Å². The number of hydrogen-bond acceptors (Lipinski definition) is 2. The first-order chi connectivity index (χ1) is 13.1. The van der Waals surface area contributed by atoms with Crippen LogP contribution in [0.4, 0.5) is 0 Å². The summed E-state index contributed by atoms with van der Waals surface area (Å²) in [5, 5.41) is 0. The molecule has 0 radical (unpaired) electrons. The summed E-state index contributed by atoms with van der Waals surface area (Å²) >= 11 is 0. The Morgan fingerprint density at radius 3 is 2.07 bits per heavy atom. The maximum absolute atomic E-state index is 11.8. The predicted octanol–water partition coefficient (Wildman–Crippen LogP) is 7.78. The van der Waals surface area contributed by atoms with Gasteiger partial charge in [-0.15, -0.1) is 0 Å². The van der Waals surface area contributed by atoms with Crippen molar-refractivity contribution >= 4 is 5.97 Å². The molecular formula is C25H44O2. The number of carbonyl (C=O) groups is 1. The van der Waals surface area contributed by atoms with Gasteiger partial charge in [-0.1, -0.05) is 77.2 Å². The first-order valence-electron chi connectivity index (χ1n) is 11.6. The Bertz CT molecular complexity index is 430. The van der Waals surface area contributed by atoms with E-state index < -0.39 is 0 Å². The van der Waals surface area contributed by atoms with Crippen LogP contribution in [0, 0.1) is 11.3 Å². The molecule has 0 aromatic rings. The highest BCUT2D eigenvalue weighted by molar-refractivity contribution is 5.69. The molecule has 1 saturated carbocycles. The van der Waals surface area contributed by atoms with Gasteiger partial charge in [-0.2, -0.15) is 0 Å². The summed E-state index contributed by atoms with van der Waals surface area (Å²) in [5.74, 6) is 0.633. The second-order valence-corrected chi connectivity index (χ2v) is 8.66. The van der Waals surface area contributed by atoms with E-state index in [1.807, 2.05) is 0 Å². The highest BCUT2D eigenvalue weighted by Crippen LogP contribution is 2.51. The second kappa shape index (κ2) is 14.9. The highest BCUT2D eigenvalue weighted by Gasteiger charge is 2.46. The molecule has 0 saturated heterocycles. The van der Waals surface area contributed by atoms with Crippen molar-refractivity contribution in [2.75, 3.05) is 6.61 Å². The molecule has 27 heavy (non-hydrogen) atoms. The van der Waals surface area contributed by atoms with Gasteiger partial charge in [0.2, 0.25) is 0 Å². The van der Waals surface area contributed by atoms with Crippen LogP contribution in [-0.2, 0) is 9.53 Å². The van der Waals surface area contributed by atoms with E-state index in [9.17, 15) is 4.79 Å². The van der Waals surface area contributed by atoms with Gasteiger partial charge < -0.3 is 4.74 Å². The molecule has 0 aliphatic heterocycles. The Labute approximate surface area is 168 Å². The molecule has 1 aliphatic rings. The zero-order chi connectivity index (χ0) is 19.8. The van der Waals surface area contributed by atoms with Crippen molar-refractivity contribution in [3.8, 4) is 0 Å². The van der Waals surface area contributed by atoms with Crippen molar-refractivity contribution in [2.24, 2.45) is 11.3 Å². The third-order valence-corrected chi connectivity index (χ3v) is 5.97. The van der Waals surface area contributed by atoms with Crippen molar-refractivity contribution in [2.45, 2.75) is 111 Å². The molecule has 0 aromatic heterocycles. The van der Waals surface area contributed by atoms with Crippen molar-refractivity contribution < 1.29 is 9.53 Å². The first-order valence-corrected chi connectivity index (χ1v) is 11.6. The topological polar surface area (TPSA) is 26.3 Å². The predicted molar refractivity (Wildman–Crippen MR) is 117 cm³/mol. The van der Waals surface area contributed by atoms with Gasteiger partial charge in [0.15, 0.2) is 0 Å². The third kappa shape index (κ3) is 12.1. The van der Waals surface area contributed by atoms with Gasteiger partial charge >= 0.3 is 5.97 Å². The standard InChI is InChI=1S/C25H44O2/c1-4-5-6-7-8-9-10-11-12-13-14-15-16-17-18-19-24(26)27-22-25(20-21-25)23(2)3/h8-9,11-12,23H,4-7,10,13-22H2,1-3H3/b9-8-,12-11-. The Hall–Kier alpha value is -1.05. The fourth-order valence-electron chi connectivity index (χ4n) is 3.43. The van der Waals surface area contributed by atoms with Crippen LogP contribution in [0.15, 0.2) is 24.3 Å². The molecule has 1 rings (SSSR count). The second-order valence-electron chi connectivity index (χ2n) is 8.66. The average Bonchev–Trinajstić information content (AvgIpc) is 3.44. The van der Waals surface area contributed by atoms with Gasteiger partial charge in [0.25, 0.3) is 0 Å². The van der Waals surface area contributed by atoms with E-state index in [0.29, 0.717) is 24.4 Å². The minimum absolute atomic E-state index is 0.00704. The summed E-state index contributed by atoms with van der Waals surface area (Å²) in [4.78, 5) is 11.8. The lowest BCUT2D eigenvalue weighted by atomic mass is 9.93. The molecular weight excluding hydrogens is 332 g/mol. The van der Waals surface area contributed by atoms with Gasteiger partial charge in [-0.3, -0.25) is 4.79 Å². The van der Waals surface area contributed by atoms with E-state index in [-0.39, 0.29) is 5.97 Å². The number of esters is 1. The zero-order valence-corrected chi connectivity index (χ0v) is 18.3. The molecule has 1 aliphatic carbocycles. The summed E-state index contributed by atoms with van der Waals surface area (Å²) in [7, 11) is 0. The Morgan fingerprint density at radius 2 is 1.48 bits per heavy atom. The van der Waals surface area contributed by atoms with E-state index in [2.05, 4.69) is 45.1 Å². The smallest absolute Gasteiger partial charge is 0.305 e. The molecule has 0 N–H and O–H groups in total. The van der Waals surface area contributed by atoms with Crippen LogP contribution in [0.5, 0.6) is 0 Å². The SMILES string of the molecule is CCCCC/C=C\C/C=C\CCCCCCCC(=O)OCC1(C(C)C)CC1. The van der Waals surface area contributed by atoms with Crippen LogP contribution in [0.1, 0.15) is 111 Å². The molecule has 0 spiro atoms. The quantitative estimate of drug-likeness (QED) is 0.147. The number of unbranched alkanes of at least 4 members (excludes halogenated alkanes) is 8. The molecule has 2 heteroatoms. The normalized spacial score (nSPS) is 15.9. The van der Waals surface area contributed by atoms with Crippen LogP contribution < -0.4 is 0 Å². The van der Waals surface area contributed by atoms with Crippen LogP contribution in [0.2, 0.25) is 0 Å². The fraction of sp³-hybridized carbons (Fsp3) is 0.800. The first kappa shape index (κ1) is 24.0. The van der Waals surface area contributed by atoms with E-state index in [4.69, 9.17) is 4.74 Å². The third-order valence-electron chi connectivity index (χ3n) is 5.97. The van der Waals surface area contributed by atoms with Crippen LogP contribution >= 0.6 is 0 Å². The summed E-state index contributed by atoms with van der Waals surface area (Å²) in [5.41, 5.74) is 0.314. The van der Waals surface area contributed by atoms with Crippen molar-refractivity contribution in [3.05, 3.63) is 24.3 Å².